The van der Waals surface area contributed by atoms with Crippen LogP contribution in [0.4, 0.5) is 17.3 Å². The Morgan fingerprint density at radius 2 is 1.74 bits per heavy atom. The summed E-state index contributed by atoms with van der Waals surface area (Å²) in [5.74, 6) is 0.508. The van der Waals surface area contributed by atoms with Crippen LogP contribution in [0.3, 0.4) is 0 Å². The number of carbonyl (C=O) groups excluding carboxylic acids is 1. The zero-order chi connectivity index (χ0) is 17.0. The molecule has 122 valence electrons. The molecule has 0 atom stereocenters. The van der Waals surface area contributed by atoms with Crippen molar-refractivity contribution < 1.29 is 13.2 Å². The van der Waals surface area contributed by atoms with Gasteiger partial charge in [-0.15, -0.1) is 10.2 Å². The standard InChI is InChI=1S/C14H17N5O3S/c1-10(20)11-5-4-6-12(9-11)15-13-7-8-14(17-16-13)18-23(21,22)19(2)3/h4-9H,1-3H3,(H,15,16)(H,17,18). The van der Waals surface area contributed by atoms with Crippen molar-refractivity contribution in [2.45, 2.75) is 6.92 Å². The molecule has 0 aliphatic carbocycles. The van der Waals surface area contributed by atoms with Gasteiger partial charge in [0.25, 0.3) is 0 Å². The number of carbonyl (C=O) groups is 1. The van der Waals surface area contributed by atoms with Gasteiger partial charge >= 0.3 is 10.2 Å². The maximum atomic E-state index is 11.7. The van der Waals surface area contributed by atoms with Crippen molar-refractivity contribution >= 4 is 33.3 Å². The van der Waals surface area contributed by atoms with Gasteiger partial charge in [0.15, 0.2) is 17.4 Å². The van der Waals surface area contributed by atoms with Gasteiger partial charge in [-0.3, -0.25) is 9.52 Å². The molecule has 0 aliphatic rings. The molecule has 1 aromatic carbocycles. The van der Waals surface area contributed by atoms with Crippen LogP contribution in [-0.4, -0.2) is 42.8 Å². The Morgan fingerprint density at radius 3 is 2.30 bits per heavy atom. The number of hydrogen-bond donors (Lipinski definition) is 2. The fourth-order valence-electron chi connectivity index (χ4n) is 1.64. The van der Waals surface area contributed by atoms with Crippen molar-refractivity contribution in [2.24, 2.45) is 0 Å². The zero-order valence-electron chi connectivity index (χ0n) is 12.9. The molecule has 1 aromatic heterocycles. The summed E-state index contributed by atoms with van der Waals surface area (Å²) in [5.41, 5.74) is 1.27. The van der Waals surface area contributed by atoms with E-state index < -0.39 is 10.2 Å². The summed E-state index contributed by atoms with van der Waals surface area (Å²) in [5, 5.41) is 10.7. The summed E-state index contributed by atoms with van der Waals surface area (Å²) in [6, 6.07) is 10.0. The zero-order valence-corrected chi connectivity index (χ0v) is 13.8. The maximum absolute atomic E-state index is 11.7. The van der Waals surface area contributed by atoms with E-state index in [1.807, 2.05) is 0 Å². The Bertz CT molecular complexity index is 803. The van der Waals surface area contributed by atoms with E-state index in [2.05, 4.69) is 20.2 Å². The Hall–Kier alpha value is -2.52. The minimum absolute atomic E-state index is 0.0341. The average Bonchev–Trinajstić information content (AvgIpc) is 2.49. The van der Waals surface area contributed by atoms with Crippen LogP contribution in [0, 0.1) is 0 Å². The molecular formula is C14H17N5O3S. The topological polar surface area (TPSA) is 104 Å². The van der Waals surface area contributed by atoms with Gasteiger partial charge < -0.3 is 5.32 Å². The van der Waals surface area contributed by atoms with Gasteiger partial charge in [0.2, 0.25) is 0 Å². The van der Waals surface area contributed by atoms with Crippen molar-refractivity contribution in [3.8, 4) is 0 Å². The number of anilines is 3. The highest BCUT2D eigenvalue weighted by atomic mass is 32.2. The van der Waals surface area contributed by atoms with E-state index in [0.29, 0.717) is 17.1 Å². The first kappa shape index (κ1) is 16.8. The number of nitrogens with one attached hydrogen (secondary N) is 2. The van der Waals surface area contributed by atoms with E-state index in [0.717, 1.165) is 4.31 Å². The van der Waals surface area contributed by atoms with E-state index in [1.165, 1.54) is 27.1 Å². The monoisotopic (exact) mass is 335 g/mol. The first-order chi connectivity index (χ1) is 10.8. The third-order valence-electron chi connectivity index (χ3n) is 2.92. The van der Waals surface area contributed by atoms with Crippen LogP contribution in [0.15, 0.2) is 36.4 Å². The molecule has 23 heavy (non-hydrogen) atoms. The van der Waals surface area contributed by atoms with Crippen molar-refractivity contribution in [2.75, 3.05) is 24.1 Å². The third-order valence-corrected chi connectivity index (χ3v) is 4.35. The van der Waals surface area contributed by atoms with Crippen LogP contribution >= 0.6 is 0 Å². The first-order valence-corrected chi connectivity index (χ1v) is 8.14. The lowest BCUT2D eigenvalue weighted by atomic mass is 10.1. The van der Waals surface area contributed by atoms with Crippen molar-refractivity contribution in [3.05, 3.63) is 42.0 Å². The van der Waals surface area contributed by atoms with Gasteiger partial charge in [0.05, 0.1) is 0 Å². The van der Waals surface area contributed by atoms with Gasteiger partial charge in [0, 0.05) is 25.3 Å². The summed E-state index contributed by atoms with van der Waals surface area (Å²) < 4.78 is 26.7. The summed E-state index contributed by atoms with van der Waals surface area (Å²) in [4.78, 5) is 11.4. The Morgan fingerprint density at radius 1 is 1.09 bits per heavy atom. The van der Waals surface area contributed by atoms with Crippen molar-refractivity contribution in [3.63, 3.8) is 0 Å². The molecule has 0 fully saturated rings. The second-order valence-corrected chi connectivity index (χ2v) is 6.84. The minimum Gasteiger partial charge on any atom is -0.339 e. The summed E-state index contributed by atoms with van der Waals surface area (Å²) in [6.07, 6.45) is 0. The van der Waals surface area contributed by atoms with Gasteiger partial charge in [-0.1, -0.05) is 12.1 Å². The Kier molecular flexibility index (Phi) is 4.92. The summed E-state index contributed by atoms with van der Waals surface area (Å²) in [6.45, 7) is 1.49. The van der Waals surface area contributed by atoms with E-state index >= 15 is 0 Å². The van der Waals surface area contributed by atoms with Crippen LogP contribution in [0.2, 0.25) is 0 Å². The van der Waals surface area contributed by atoms with Crippen LogP contribution < -0.4 is 10.0 Å². The molecule has 0 unspecified atom stereocenters. The Labute approximate surface area is 134 Å². The lowest BCUT2D eigenvalue weighted by Crippen LogP contribution is -2.29. The predicted molar refractivity (Wildman–Crippen MR) is 88.0 cm³/mol. The molecule has 9 heteroatoms. The van der Waals surface area contributed by atoms with Crippen LogP contribution in [0.1, 0.15) is 17.3 Å². The number of hydrogen-bond acceptors (Lipinski definition) is 6. The quantitative estimate of drug-likeness (QED) is 0.778. The van der Waals surface area contributed by atoms with Gasteiger partial charge in [-0.2, -0.15) is 12.7 Å². The highest BCUT2D eigenvalue weighted by Crippen LogP contribution is 2.17. The lowest BCUT2D eigenvalue weighted by molar-refractivity contribution is 0.101. The fourth-order valence-corrected chi connectivity index (χ4v) is 2.20. The van der Waals surface area contributed by atoms with Gasteiger partial charge in [-0.05, 0) is 31.2 Å². The lowest BCUT2D eigenvalue weighted by Gasteiger charge is -2.12. The minimum atomic E-state index is -3.62. The summed E-state index contributed by atoms with van der Waals surface area (Å²) in [7, 11) is -0.794. The molecule has 1 heterocycles. The van der Waals surface area contributed by atoms with Crippen molar-refractivity contribution in [1.29, 1.82) is 0 Å². The normalized spacial score (nSPS) is 11.3. The van der Waals surface area contributed by atoms with Crippen LogP contribution in [0.25, 0.3) is 0 Å². The molecule has 8 nitrogen and oxygen atoms in total. The van der Waals surface area contributed by atoms with Crippen LogP contribution in [0.5, 0.6) is 0 Å². The number of aromatic nitrogens is 2. The third kappa shape index (κ3) is 4.47. The highest BCUT2D eigenvalue weighted by Gasteiger charge is 2.13. The largest absolute Gasteiger partial charge is 0.339 e. The molecule has 2 rings (SSSR count). The molecular weight excluding hydrogens is 318 g/mol. The molecule has 0 radical (unpaired) electrons. The molecule has 2 aromatic rings. The van der Waals surface area contributed by atoms with E-state index in [1.54, 1.807) is 30.3 Å². The predicted octanol–water partition coefficient (Wildman–Crippen LogP) is 1.64. The smallest absolute Gasteiger partial charge is 0.302 e. The van der Waals surface area contributed by atoms with Gasteiger partial charge in [0.1, 0.15) is 0 Å². The van der Waals surface area contributed by atoms with E-state index in [4.69, 9.17) is 0 Å². The highest BCUT2D eigenvalue weighted by molar-refractivity contribution is 7.90. The first-order valence-electron chi connectivity index (χ1n) is 6.70. The molecule has 0 spiro atoms. The SMILES string of the molecule is CC(=O)c1cccc(Nc2ccc(NS(=O)(=O)N(C)C)nn2)c1. The van der Waals surface area contributed by atoms with Crippen molar-refractivity contribution in [1.82, 2.24) is 14.5 Å². The van der Waals surface area contributed by atoms with Crippen LogP contribution in [-0.2, 0) is 10.2 Å². The van der Waals surface area contributed by atoms with E-state index in [-0.39, 0.29) is 11.6 Å². The molecule has 0 bridgehead atoms. The number of rotatable bonds is 6. The number of ketones is 1. The molecule has 2 N–H and O–H groups in total. The van der Waals surface area contributed by atoms with Gasteiger partial charge in [-0.25, -0.2) is 0 Å². The molecule has 0 aliphatic heterocycles. The maximum Gasteiger partial charge on any atom is 0.302 e. The average molecular weight is 335 g/mol. The molecule has 0 amide bonds. The Balaban J connectivity index is 2.11. The number of benzene rings is 1. The number of Topliss-reactive ketones (excluding diaryl/α,β-unsaturated/α-hetero) is 1. The second-order valence-electron chi connectivity index (χ2n) is 4.96. The second kappa shape index (κ2) is 6.71. The van der Waals surface area contributed by atoms with E-state index in [9.17, 15) is 13.2 Å². The molecule has 0 saturated heterocycles. The molecule has 0 saturated carbocycles. The number of nitrogens with zero attached hydrogens (tertiary/aromatic N) is 3. The fraction of sp³-hybridized carbons (Fsp3) is 0.214. The summed E-state index contributed by atoms with van der Waals surface area (Å²) >= 11 is 0.